The Hall–Kier alpha value is -1.40. The van der Waals surface area contributed by atoms with E-state index >= 15 is 0 Å². The molecule has 3 saturated heterocycles. The Morgan fingerprint density at radius 1 is 1.24 bits per heavy atom. The molecule has 1 aromatic rings. The third kappa shape index (κ3) is 2.96. The van der Waals surface area contributed by atoms with E-state index in [0.29, 0.717) is 6.04 Å². The second kappa shape index (κ2) is 6.15. The molecule has 3 aliphatic rings. The molecule has 1 atom stereocenters. The average Bonchev–Trinajstić information content (AvgIpc) is 2.52. The molecule has 6 nitrogen and oxygen atoms in total. The number of nitrogens with two attached hydrogens (primary N) is 1. The van der Waals surface area contributed by atoms with Gasteiger partial charge in [0.1, 0.15) is 17.5 Å². The number of aromatic nitrogens is 2. The molecular weight excluding hydrogens is 264 g/mol. The van der Waals surface area contributed by atoms with E-state index < -0.39 is 0 Å². The number of nitrogens with one attached hydrogen (secondary N) is 2. The van der Waals surface area contributed by atoms with Crippen LogP contribution in [0.25, 0.3) is 0 Å². The lowest BCUT2D eigenvalue weighted by atomic mass is 9.84. The minimum absolute atomic E-state index is 0.501. The summed E-state index contributed by atoms with van der Waals surface area (Å²) < 4.78 is 0. The zero-order valence-corrected chi connectivity index (χ0v) is 13.0. The Morgan fingerprint density at radius 2 is 1.95 bits per heavy atom. The number of hydrogen-bond acceptors (Lipinski definition) is 6. The summed E-state index contributed by atoms with van der Waals surface area (Å²) in [6.45, 7) is 7.79. The van der Waals surface area contributed by atoms with Crippen molar-refractivity contribution in [2.45, 2.75) is 45.6 Å². The highest BCUT2D eigenvalue weighted by molar-refractivity contribution is 5.57. The van der Waals surface area contributed by atoms with Crippen LogP contribution in [0.3, 0.4) is 0 Å². The van der Waals surface area contributed by atoms with E-state index in [2.05, 4.69) is 27.6 Å². The smallest absolute Gasteiger partial charge is 0.148 e. The van der Waals surface area contributed by atoms with Crippen LogP contribution < -0.4 is 16.6 Å². The third-order valence-electron chi connectivity index (χ3n) is 4.78. The molecule has 0 aromatic carbocycles. The van der Waals surface area contributed by atoms with E-state index in [1.807, 2.05) is 6.92 Å². The molecule has 0 aliphatic carbocycles. The highest BCUT2D eigenvalue weighted by Crippen LogP contribution is 2.30. The van der Waals surface area contributed by atoms with Gasteiger partial charge in [0.2, 0.25) is 0 Å². The average molecular weight is 290 g/mol. The zero-order valence-electron chi connectivity index (χ0n) is 13.0. The van der Waals surface area contributed by atoms with Gasteiger partial charge in [-0.15, -0.1) is 0 Å². The van der Waals surface area contributed by atoms with Gasteiger partial charge in [0.25, 0.3) is 0 Å². The fraction of sp³-hybridized carbons (Fsp3) is 0.733. The standard InChI is InChI=1S/C15H26N6/c1-3-4-13-18-14(10(2)15(19-13)20-16)17-12-9-21-7-5-11(12)6-8-21/h11-12H,3-9,16H2,1-2H3,(H2,17,18,19,20). The molecule has 6 heteroatoms. The van der Waals surface area contributed by atoms with E-state index in [-0.39, 0.29) is 0 Å². The molecule has 116 valence electrons. The molecule has 21 heavy (non-hydrogen) atoms. The second-order valence-electron chi connectivity index (χ2n) is 6.25. The Morgan fingerprint density at radius 3 is 2.52 bits per heavy atom. The summed E-state index contributed by atoms with van der Waals surface area (Å²) in [5, 5.41) is 3.67. The van der Waals surface area contributed by atoms with Gasteiger partial charge in [-0.05, 0) is 45.2 Å². The Kier molecular flexibility index (Phi) is 4.26. The molecular formula is C15H26N6. The number of hydrogen-bond donors (Lipinski definition) is 3. The number of anilines is 2. The van der Waals surface area contributed by atoms with E-state index in [1.54, 1.807) is 0 Å². The van der Waals surface area contributed by atoms with E-state index in [9.17, 15) is 0 Å². The van der Waals surface area contributed by atoms with Gasteiger partial charge in [-0.1, -0.05) is 6.92 Å². The van der Waals surface area contributed by atoms with Crippen LogP contribution in [0.5, 0.6) is 0 Å². The largest absolute Gasteiger partial charge is 0.365 e. The van der Waals surface area contributed by atoms with Crippen LogP contribution in [0.1, 0.15) is 37.6 Å². The molecule has 0 spiro atoms. The number of hydrazine groups is 1. The first-order chi connectivity index (χ1) is 10.2. The zero-order chi connectivity index (χ0) is 14.8. The summed E-state index contributed by atoms with van der Waals surface area (Å²) in [5.41, 5.74) is 3.71. The van der Waals surface area contributed by atoms with Crippen LogP contribution in [-0.4, -0.2) is 40.5 Å². The lowest BCUT2D eigenvalue weighted by Gasteiger charge is -2.45. The number of fused-ring (bicyclic) bond motifs is 3. The predicted octanol–water partition coefficient (Wildman–Crippen LogP) is 1.53. The van der Waals surface area contributed by atoms with Crippen LogP contribution in [0.15, 0.2) is 0 Å². The first-order valence-electron chi connectivity index (χ1n) is 8.04. The van der Waals surface area contributed by atoms with Gasteiger partial charge in [-0.3, -0.25) is 0 Å². The first kappa shape index (κ1) is 14.5. The van der Waals surface area contributed by atoms with Crippen molar-refractivity contribution >= 4 is 11.6 Å². The molecule has 2 bridgehead atoms. The van der Waals surface area contributed by atoms with Crippen molar-refractivity contribution in [2.24, 2.45) is 11.8 Å². The molecule has 1 unspecified atom stereocenters. The monoisotopic (exact) mass is 290 g/mol. The number of aryl methyl sites for hydroxylation is 1. The van der Waals surface area contributed by atoms with Crippen molar-refractivity contribution in [1.82, 2.24) is 14.9 Å². The molecule has 3 fully saturated rings. The van der Waals surface area contributed by atoms with Gasteiger partial charge in [0.15, 0.2) is 0 Å². The van der Waals surface area contributed by atoms with Crippen molar-refractivity contribution in [3.63, 3.8) is 0 Å². The summed E-state index contributed by atoms with van der Waals surface area (Å²) in [5.74, 6) is 8.91. The summed E-state index contributed by atoms with van der Waals surface area (Å²) in [6.07, 6.45) is 4.51. The molecule has 0 saturated carbocycles. The van der Waals surface area contributed by atoms with Gasteiger partial charge < -0.3 is 15.6 Å². The predicted molar refractivity (Wildman–Crippen MR) is 85.1 cm³/mol. The number of piperidine rings is 3. The van der Waals surface area contributed by atoms with E-state index in [4.69, 9.17) is 10.8 Å². The Bertz CT molecular complexity index is 495. The van der Waals surface area contributed by atoms with Crippen LogP contribution in [0.4, 0.5) is 11.6 Å². The number of nitrogens with zero attached hydrogens (tertiary/aromatic N) is 3. The molecule has 4 N–H and O–H groups in total. The summed E-state index contributed by atoms with van der Waals surface area (Å²) >= 11 is 0. The molecule has 3 aliphatic heterocycles. The lowest BCUT2D eigenvalue weighted by molar-refractivity contribution is 0.0973. The maximum Gasteiger partial charge on any atom is 0.148 e. The fourth-order valence-corrected chi connectivity index (χ4v) is 3.48. The molecule has 0 amide bonds. The van der Waals surface area contributed by atoms with E-state index in [1.165, 1.54) is 25.9 Å². The summed E-state index contributed by atoms with van der Waals surface area (Å²) in [6, 6.07) is 0.501. The minimum Gasteiger partial charge on any atom is -0.365 e. The van der Waals surface area contributed by atoms with Gasteiger partial charge in [0, 0.05) is 24.6 Å². The van der Waals surface area contributed by atoms with Crippen LogP contribution in [0.2, 0.25) is 0 Å². The van der Waals surface area contributed by atoms with Crippen molar-refractivity contribution in [2.75, 3.05) is 30.4 Å². The highest BCUT2D eigenvalue weighted by atomic mass is 15.3. The molecule has 4 heterocycles. The van der Waals surface area contributed by atoms with Crippen molar-refractivity contribution < 1.29 is 0 Å². The Labute approximate surface area is 126 Å². The van der Waals surface area contributed by atoms with Crippen molar-refractivity contribution in [3.05, 3.63) is 11.4 Å². The van der Waals surface area contributed by atoms with Crippen LogP contribution in [0, 0.1) is 12.8 Å². The van der Waals surface area contributed by atoms with Crippen LogP contribution >= 0.6 is 0 Å². The molecule has 1 aromatic heterocycles. The van der Waals surface area contributed by atoms with Gasteiger partial charge in [-0.2, -0.15) is 0 Å². The van der Waals surface area contributed by atoms with E-state index in [0.717, 1.165) is 48.3 Å². The van der Waals surface area contributed by atoms with Gasteiger partial charge in [0.05, 0.1) is 0 Å². The maximum atomic E-state index is 5.60. The van der Waals surface area contributed by atoms with Gasteiger partial charge in [-0.25, -0.2) is 15.8 Å². The van der Waals surface area contributed by atoms with Gasteiger partial charge >= 0.3 is 0 Å². The first-order valence-corrected chi connectivity index (χ1v) is 8.04. The minimum atomic E-state index is 0.501. The van der Waals surface area contributed by atoms with Crippen molar-refractivity contribution in [3.8, 4) is 0 Å². The number of rotatable bonds is 5. The second-order valence-corrected chi connectivity index (χ2v) is 6.25. The fourth-order valence-electron chi connectivity index (χ4n) is 3.48. The SMILES string of the molecule is CCCc1nc(NN)c(C)c(NC2CN3CCC2CC3)n1. The molecule has 0 radical (unpaired) electrons. The number of nitrogen functional groups attached to an aromatic ring is 1. The Balaban J connectivity index is 1.82. The topological polar surface area (TPSA) is 79.1 Å². The lowest BCUT2D eigenvalue weighted by Crippen LogP contribution is -2.53. The highest BCUT2D eigenvalue weighted by Gasteiger charge is 2.34. The maximum absolute atomic E-state index is 5.60. The molecule has 4 rings (SSSR count). The quantitative estimate of drug-likeness (QED) is 0.564. The van der Waals surface area contributed by atoms with Crippen LogP contribution in [-0.2, 0) is 6.42 Å². The summed E-state index contributed by atoms with van der Waals surface area (Å²) in [7, 11) is 0. The normalized spacial score (nSPS) is 27.7. The summed E-state index contributed by atoms with van der Waals surface area (Å²) in [4.78, 5) is 11.7. The van der Waals surface area contributed by atoms with Crippen molar-refractivity contribution in [1.29, 1.82) is 0 Å². The third-order valence-corrected chi connectivity index (χ3v) is 4.78.